The van der Waals surface area contributed by atoms with Gasteiger partial charge in [0.05, 0.1) is 0 Å². The zero-order valence-corrected chi connectivity index (χ0v) is 8.24. The normalized spacial score (nSPS) is 4.12. The van der Waals surface area contributed by atoms with E-state index in [0.29, 0.717) is 0 Å². The van der Waals surface area contributed by atoms with Crippen LogP contribution < -0.4 is 5.11 Å². The van der Waals surface area contributed by atoms with Crippen LogP contribution in [0.15, 0.2) is 0 Å². The van der Waals surface area contributed by atoms with Crippen molar-refractivity contribution in [3.8, 4) is 0 Å². The van der Waals surface area contributed by atoms with Crippen molar-refractivity contribution in [2.75, 3.05) is 0 Å². The van der Waals surface area contributed by atoms with Gasteiger partial charge in [-0.15, -0.1) is 0 Å². The van der Waals surface area contributed by atoms with Gasteiger partial charge in [0.25, 0.3) is 0 Å². The molecule has 0 atom stereocenters. The fraction of sp³-hybridized carbons (Fsp3) is 0.500. The van der Waals surface area contributed by atoms with Crippen LogP contribution in [-0.4, -0.2) is 11.4 Å². The molecule has 0 radical (unpaired) electrons. The van der Waals surface area contributed by atoms with Gasteiger partial charge in [-0.05, 0) is 6.92 Å². The summed E-state index contributed by atoms with van der Waals surface area (Å²) >= 11 is -2.51. The molecule has 8 heavy (non-hydrogen) atoms. The molecule has 0 saturated heterocycles. The van der Waals surface area contributed by atoms with E-state index in [0.717, 1.165) is 6.92 Å². The first kappa shape index (κ1) is 15.7. The number of hydrogen-bond acceptors (Lipinski definition) is 5. The molecule has 0 aromatic rings. The summed E-state index contributed by atoms with van der Waals surface area (Å²) in [5.74, 6) is -1.08. The minimum absolute atomic E-state index is 0. The molecule has 0 saturated carbocycles. The zero-order valence-electron chi connectivity index (χ0n) is 4.08. The van der Waals surface area contributed by atoms with Crippen molar-refractivity contribution in [2.45, 2.75) is 6.92 Å². The van der Waals surface area contributed by atoms with Crippen LogP contribution in [0.1, 0.15) is 6.92 Å². The molecule has 0 heterocycles. The molecule has 0 unspecified atom stereocenters. The second-order valence-electron chi connectivity index (χ2n) is 0.575. The molecule has 0 aromatic carbocycles. The Hall–Kier alpha value is 0.0819. The molecule has 0 aliphatic rings. The van der Waals surface area contributed by atoms with Gasteiger partial charge in [0.1, 0.15) is 0 Å². The van der Waals surface area contributed by atoms with Crippen LogP contribution in [-0.2, 0) is 9.27 Å². The maximum absolute atomic E-state index is 8.89. The predicted molar refractivity (Wildman–Crippen MR) is 14.0 cm³/mol. The quantitative estimate of drug-likeness (QED) is 0.522. The van der Waals surface area contributed by atoms with Crippen molar-refractivity contribution in [3.63, 3.8) is 0 Å². The van der Waals surface area contributed by atoms with E-state index < -0.39 is 33.8 Å². The van der Waals surface area contributed by atoms with Crippen molar-refractivity contribution in [1.29, 1.82) is 0 Å². The van der Waals surface area contributed by atoms with E-state index >= 15 is 0 Å². The topological polar surface area (TPSA) is 104 Å². The van der Waals surface area contributed by atoms with E-state index in [1.807, 2.05) is 0 Å². The molecule has 46 valence electrons. The number of carbonyl (C=O) groups is 1. The molecule has 5 nitrogen and oxygen atoms in total. The van der Waals surface area contributed by atoms with E-state index in [2.05, 4.69) is 0 Å². The third-order valence-corrected chi connectivity index (χ3v) is 0. The molecular weight excluding hydrogens is 342 g/mol. The Bertz CT molecular complexity index is 78.4. The van der Waals surface area contributed by atoms with Crippen LogP contribution in [0, 0.1) is 27.8 Å². The van der Waals surface area contributed by atoms with Crippen molar-refractivity contribution in [2.24, 2.45) is 0 Å². The van der Waals surface area contributed by atoms with Crippen LogP contribution in [0.3, 0.4) is 0 Å². The van der Waals surface area contributed by atoms with Gasteiger partial charge in [0.15, 0.2) is 0 Å². The first-order valence-corrected chi connectivity index (χ1v) is 4.72. The molecule has 0 spiro atoms. The van der Waals surface area contributed by atoms with Gasteiger partial charge in [0, 0.05) is 5.97 Å². The fourth-order valence-corrected chi connectivity index (χ4v) is 0. The van der Waals surface area contributed by atoms with Crippen molar-refractivity contribution < 1.29 is 47.7 Å². The van der Waals surface area contributed by atoms with Gasteiger partial charge >= 0.3 is 32.3 Å². The van der Waals surface area contributed by atoms with Gasteiger partial charge in [0.2, 0.25) is 0 Å². The summed E-state index contributed by atoms with van der Waals surface area (Å²) in [6.45, 7) is 0.972. The van der Waals surface area contributed by atoms with Crippen LogP contribution in [0.5, 0.6) is 0 Å². The Morgan fingerprint density at radius 2 is 1.50 bits per heavy atom. The Labute approximate surface area is 60.6 Å². The number of hydrogen-bond donors (Lipinski definition) is 0. The zero-order chi connectivity index (χ0) is 6.28. The SMILES string of the molecule is CC(=O)[O-].[OH-].[O]=[U+2]=[O]. The van der Waals surface area contributed by atoms with Gasteiger partial charge in [-0.3, -0.25) is 0 Å². The standard InChI is InChI=1S/C2H4O2.H2O.2O.U/c1-2(3)4;;;;/h1H3,(H,3,4);1H2;;;/q;;;;+2/p-2. The number of aliphatic carboxylic acids is 1. The molecule has 0 aromatic heterocycles. The molecule has 0 rings (SSSR count). The van der Waals surface area contributed by atoms with E-state index in [4.69, 9.17) is 14.4 Å². The second kappa shape index (κ2) is 15.7. The van der Waals surface area contributed by atoms with Crippen LogP contribution in [0.25, 0.3) is 0 Å². The number of carboxylic acid groups (broad SMARTS) is 1. The monoisotopic (exact) mass is 346 g/mol. The summed E-state index contributed by atoms with van der Waals surface area (Å²) in [6.07, 6.45) is 0. The number of carboxylic acids is 1. The Morgan fingerprint density at radius 3 is 1.50 bits per heavy atom. The summed E-state index contributed by atoms with van der Waals surface area (Å²) < 4.78 is 17.2. The Balaban J connectivity index is -0.0000000575. The molecule has 0 aliphatic carbocycles. The van der Waals surface area contributed by atoms with Crippen molar-refractivity contribution in [1.82, 2.24) is 0 Å². The molecule has 0 fully saturated rings. The summed E-state index contributed by atoms with van der Waals surface area (Å²) in [4.78, 5) is 8.89. The summed E-state index contributed by atoms with van der Waals surface area (Å²) in [6, 6.07) is 0. The maximum atomic E-state index is 8.89. The number of carbonyl (C=O) groups excluding carboxylic acids is 1. The molecule has 6 heteroatoms. The van der Waals surface area contributed by atoms with Gasteiger partial charge < -0.3 is 15.4 Å². The first-order chi connectivity index (χ1) is 3.15. The summed E-state index contributed by atoms with van der Waals surface area (Å²) in [7, 11) is 0. The molecule has 0 bridgehead atoms. The van der Waals surface area contributed by atoms with E-state index in [9.17, 15) is 0 Å². The third-order valence-electron chi connectivity index (χ3n) is 0. The van der Waals surface area contributed by atoms with E-state index in [1.54, 1.807) is 0 Å². The van der Waals surface area contributed by atoms with Gasteiger partial charge in [-0.2, -0.15) is 0 Å². The Kier molecular flexibility index (Phi) is 30.8. The fourth-order valence-electron chi connectivity index (χ4n) is 0. The van der Waals surface area contributed by atoms with E-state index in [-0.39, 0.29) is 5.48 Å². The van der Waals surface area contributed by atoms with Crippen molar-refractivity contribution >= 4 is 5.97 Å². The molecule has 0 amide bonds. The average molecular weight is 346 g/mol. The first-order valence-electron chi connectivity index (χ1n) is 1.32. The van der Waals surface area contributed by atoms with E-state index in [1.165, 1.54) is 0 Å². The molecular formula is C2H4O5U. The second-order valence-corrected chi connectivity index (χ2v) is 1.27. The molecule has 0 aliphatic heterocycles. The summed E-state index contributed by atoms with van der Waals surface area (Å²) in [5, 5.41) is 8.89. The predicted octanol–water partition coefficient (Wildman–Crippen LogP) is -1.66. The van der Waals surface area contributed by atoms with Crippen molar-refractivity contribution in [3.05, 3.63) is 0 Å². The minimum atomic E-state index is -2.51. The summed E-state index contributed by atoms with van der Waals surface area (Å²) in [5.41, 5.74) is 0. The Morgan fingerprint density at radius 1 is 1.50 bits per heavy atom. The van der Waals surface area contributed by atoms with Gasteiger partial charge in [-0.25, -0.2) is 0 Å². The molecule has 1 N–H and O–H groups in total. The van der Waals surface area contributed by atoms with Gasteiger partial charge in [-0.1, -0.05) is 0 Å². The van der Waals surface area contributed by atoms with Crippen LogP contribution in [0.4, 0.5) is 0 Å². The van der Waals surface area contributed by atoms with Crippen LogP contribution >= 0.6 is 0 Å². The average Bonchev–Trinajstić information content (AvgIpc) is 1.33. The third kappa shape index (κ3) is 23400. The number of rotatable bonds is 0. The van der Waals surface area contributed by atoms with Crippen LogP contribution in [0.2, 0.25) is 0 Å².